The van der Waals surface area contributed by atoms with Crippen LogP contribution in [-0.2, 0) is 12.3 Å². The number of ether oxygens (including phenoxy) is 1. The molecule has 2 N–H and O–H groups in total. The maximum absolute atomic E-state index is 9.43. The molecule has 0 saturated carbocycles. The van der Waals surface area contributed by atoms with Gasteiger partial charge in [-0.25, -0.2) is 4.98 Å². The molecule has 0 aliphatic heterocycles. The number of aromatic nitrogens is 4. The highest BCUT2D eigenvalue weighted by atomic mass is 35.5. The molecule has 2 aromatic heterocycles. The highest BCUT2D eigenvalue weighted by molar-refractivity contribution is 8.00. The molecular weight excluding hydrogens is 430 g/mol. The predicted molar refractivity (Wildman–Crippen MR) is 118 cm³/mol. The van der Waals surface area contributed by atoms with Gasteiger partial charge in [-0.2, -0.15) is 0 Å². The molecule has 0 bridgehead atoms. The van der Waals surface area contributed by atoms with E-state index in [4.69, 9.17) is 16.3 Å². The van der Waals surface area contributed by atoms with Crippen molar-refractivity contribution in [3.05, 3.63) is 53.3 Å². The number of thioether (sulfide) groups is 1. The molecular formula is C19H18ClN5O2S2. The summed E-state index contributed by atoms with van der Waals surface area (Å²) < 4.78 is 7.99. The van der Waals surface area contributed by atoms with Crippen molar-refractivity contribution in [2.75, 3.05) is 19.0 Å². The first-order valence-electron chi connectivity index (χ1n) is 8.79. The Morgan fingerprint density at radius 2 is 2.03 bits per heavy atom. The average molecular weight is 448 g/mol. The van der Waals surface area contributed by atoms with Crippen LogP contribution in [0, 0.1) is 0 Å². The third-order valence-corrected chi connectivity index (χ3v) is 6.39. The zero-order valence-electron chi connectivity index (χ0n) is 15.5. The third-order valence-electron chi connectivity index (χ3n) is 4.19. The minimum absolute atomic E-state index is 0.0321. The van der Waals surface area contributed by atoms with E-state index in [2.05, 4.69) is 20.5 Å². The second kappa shape index (κ2) is 9.00. The minimum Gasteiger partial charge on any atom is -0.497 e. The summed E-state index contributed by atoms with van der Waals surface area (Å²) in [4.78, 5) is 4.68. The van der Waals surface area contributed by atoms with Crippen molar-refractivity contribution in [1.82, 2.24) is 19.7 Å². The van der Waals surface area contributed by atoms with Crippen LogP contribution in [0.5, 0.6) is 5.75 Å². The molecule has 0 atom stereocenters. The van der Waals surface area contributed by atoms with Crippen molar-refractivity contribution < 1.29 is 9.84 Å². The van der Waals surface area contributed by atoms with Gasteiger partial charge in [0.1, 0.15) is 11.6 Å². The standard InChI is InChI=1S/C19H18ClN5O2S2/c1-27-14-5-3-13(4-6-14)21-18-23-24-19(29-18)28-11-17-22-15-7-2-12(20)10-16(15)25(17)8-9-26/h2-7,10,26H,8-9,11H2,1H3,(H,21,23). The summed E-state index contributed by atoms with van der Waals surface area (Å²) in [5.74, 6) is 2.28. The van der Waals surface area contributed by atoms with Crippen molar-refractivity contribution >= 4 is 56.6 Å². The number of nitrogens with zero attached hydrogens (tertiary/aromatic N) is 4. The number of nitrogens with one attached hydrogen (secondary N) is 1. The Bertz CT molecular complexity index is 1110. The van der Waals surface area contributed by atoms with E-state index < -0.39 is 0 Å². The topological polar surface area (TPSA) is 85.1 Å². The van der Waals surface area contributed by atoms with Crippen LogP contribution in [0.1, 0.15) is 5.82 Å². The minimum atomic E-state index is 0.0321. The van der Waals surface area contributed by atoms with Gasteiger partial charge in [0.25, 0.3) is 0 Å². The number of aliphatic hydroxyl groups is 1. The van der Waals surface area contributed by atoms with Crippen LogP contribution in [0.2, 0.25) is 5.02 Å². The summed E-state index contributed by atoms with van der Waals surface area (Å²) in [6.45, 7) is 0.498. The van der Waals surface area contributed by atoms with Gasteiger partial charge in [0.15, 0.2) is 4.34 Å². The molecule has 0 aliphatic carbocycles. The number of hydrogen-bond donors (Lipinski definition) is 2. The lowest BCUT2D eigenvalue weighted by atomic mass is 10.3. The number of fused-ring (bicyclic) bond motifs is 1. The van der Waals surface area contributed by atoms with Gasteiger partial charge in [0.05, 0.1) is 30.5 Å². The maximum atomic E-state index is 9.43. The molecule has 0 unspecified atom stereocenters. The number of halogens is 1. The van der Waals surface area contributed by atoms with Gasteiger partial charge in [-0.3, -0.25) is 0 Å². The number of aliphatic hydroxyl groups excluding tert-OH is 1. The van der Waals surface area contributed by atoms with Crippen LogP contribution in [0.25, 0.3) is 11.0 Å². The van der Waals surface area contributed by atoms with Gasteiger partial charge in [-0.1, -0.05) is 34.7 Å². The van der Waals surface area contributed by atoms with Gasteiger partial charge in [0, 0.05) is 17.3 Å². The molecule has 4 rings (SSSR count). The molecule has 10 heteroatoms. The van der Waals surface area contributed by atoms with Gasteiger partial charge in [-0.15, -0.1) is 10.2 Å². The molecule has 0 amide bonds. The van der Waals surface area contributed by atoms with Crippen LogP contribution in [0.3, 0.4) is 0 Å². The monoisotopic (exact) mass is 447 g/mol. The Morgan fingerprint density at radius 1 is 1.21 bits per heavy atom. The smallest absolute Gasteiger partial charge is 0.210 e. The van der Waals surface area contributed by atoms with E-state index in [9.17, 15) is 5.11 Å². The molecule has 0 radical (unpaired) electrons. The number of rotatable bonds is 8. The number of hydrogen-bond acceptors (Lipinski definition) is 8. The lowest BCUT2D eigenvalue weighted by Gasteiger charge is -2.06. The summed E-state index contributed by atoms with van der Waals surface area (Å²) in [5, 5.41) is 22.5. The lowest BCUT2D eigenvalue weighted by molar-refractivity contribution is 0.276. The molecule has 0 spiro atoms. The van der Waals surface area contributed by atoms with Gasteiger partial charge >= 0.3 is 0 Å². The Balaban J connectivity index is 1.46. The summed E-state index contributed by atoms with van der Waals surface area (Å²) in [6, 6.07) is 13.2. The average Bonchev–Trinajstić information content (AvgIpc) is 3.32. The highest BCUT2D eigenvalue weighted by Crippen LogP contribution is 2.31. The summed E-state index contributed by atoms with van der Waals surface area (Å²) >= 11 is 9.15. The molecule has 150 valence electrons. The van der Waals surface area contributed by atoms with Crippen molar-refractivity contribution in [2.24, 2.45) is 0 Å². The van der Waals surface area contributed by atoms with Crippen LogP contribution >= 0.6 is 34.7 Å². The van der Waals surface area contributed by atoms with E-state index in [1.165, 1.54) is 11.3 Å². The second-order valence-electron chi connectivity index (χ2n) is 6.05. The maximum Gasteiger partial charge on any atom is 0.210 e. The van der Waals surface area contributed by atoms with E-state index in [0.29, 0.717) is 22.5 Å². The van der Waals surface area contributed by atoms with E-state index in [1.54, 1.807) is 18.9 Å². The molecule has 7 nitrogen and oxygen atoms in total. The summed E-state index contributed by atoms with van der Waals surface area (Å²) in [7, 11) is 1.64. The van der Waals surface area contributed by atoms with Crippen molar-refractivity contribution in [3.8, 4) is 5.75 Å². The predicted octanol–water partition coefficient (Wildman–Crippen LogP) is 4.58. The molecule has 2 heterocycles. The second-order valence-corrected chi connectivity index (χ2v) is 8.69. The van der Waals surface area contributed by atoms with Crippen LogP contribution in [0.4, 0.5) is 10.8 Å². The molecule has 0 aliphatic rings. The Hall–Kier alpha value is -2.33. The van der Waals surface area contributed by atoms with Crippen LogP contribution in [-0.4, -0.2) is 38.6 Å². The fourth-order valence-corrected chi connectivity index (χ4v) is 4.73. The molecule has 0 fully saturated rings. The first-order chi connectivity index (χ1) is 14.2. The quantitative estimate of drug-likeness (QED) is 0.382. The van der Waals surface area contributed by atoms with Crippen LogP contribution < -0.4 is 10.1 Å². The molecule has 2 aromatic carbocycles. The molecule has 0 saturated heterocycles. The Morgan fingerprint density at radius 3 is 2.79 bits per heavy atom. The summed E-state index contributed by atoms with van der Waals surface area (Å²) in [6.07, 6.45) is 0. The first kappa shape index (κ1) is 20.0. The molecule has 4 aromatic rings. The first-order valence-corrected chi connectivity index (χ1v) is 11.0. The number of methoxy groups -OCH3 is 1. The zero-order chi connectivity index (χ0) is 20.2. The molecule has 29 heavy (non-hydrogen) atoms. The van der Waals surface area contributed by atoms with E-state index in [0.717, 1.165) is 32.6 Å². The zero-order valence-corrected chi connectivity index (χ0v) is 17.9. The van der Waals surface area contributed by atoms with Crippen molar-refractivity contribution in [2.45, 2.75) is 16.6 Å². The Labute approximate surface area is 180 Å². The third kappa shape index (κ3) is 4.64. The van der Waals surface area contributed by atoms with Gasteiger partial charge < -0.3 is 19.7 Å². The highest BCUT2D eigenvalue weighted by Gasteiger charge is 2.13. The van der Waals surface area contributed by atoms with E-state index >= 15 is 0 Å². The Kier molecular flexibility index (Phi) is 6.19. The fraction of sp³-hybridized carbons (Fsp3) is 0.211. The number of benzene rings is 2. The van der Waals surface area contributed by atoms with Crippen molar-refractivity contribution in [3.63, 3.8) is 0 Å². The number of anilines is 2. The van der Waals surface area contributed by atoms with Crippen molar-refractivity contribution in [1.29, 1.82) is 0 Å². The van der Waals surface area contributed by atoms with E-state index in [-0.39, 0.29) is 6.61 Å². The van der Waals surface area contributed by atoms with Gasteiger partial charge in [-0.05, 0) is 42.5 Å². The lowest BCUT2D eigenvalue weighted by Crippen LogP contribution is -2.06. The summed E-state index contributed by atoms with van der Waals surface area (Å²) in [5.41, 5.74) is 2.69. The number of imidazole rings is 1. The SMILES string of the molecule is COc1ccc(Nc2nnc(SCc3nc4ccc(Cl)cc4n3CCO)s2)cc1. The fourth-order valence-electron chi connectivity index (χ4n) is 2.85. The van der Waals surface area contributed by atoms with Crippen LogP contribution in [0.15, 0.2) is 46.8 Å². The van der Waals surface area contributed by atoms with Gasteiger partial charge in [0.2, 0.25) is 5.13 Å². The normalized spacial score (nSPS) is 11.1. The van der Waals surface area contributed by atoms with E-state index in [1.807, 2.05) is 47.0 Å². The largest absolute Gasteiger partial charge is 0.497 e.